The zero-order chi connectivity index (χ0) is 18.5. The number of nitrogens with zero attached hydrogens (tertiary/aromatic N) is 3. The van der Waals surface area contributed by atoms with Crippen molar-refractivity contribution in [2.24, 2.45) is 10.9 Å². The summed E-state index contributed by atoms with van der Waals surface area (Å²) in [6.07, 6.45) is 0. The molecule has 1 heterocycles. The number of aryl methyl sites for hydroxylation is 2. The fourth-order valence-corrected chi connectivity index (χ4v) is 2.44. The fraction of sp³-hybridized carbons (Fsp3) is 0.150. The number of oxime groups is 1. The molecule has 2 aromatic carbocycles. The van der Waals surface area contributed by atoms with E-state index in [2.05, 4.69) is 10.3 Å². The largest absolute Gasteiger partial charge is 0.385 e. The summed E-state index contributed by atoms with van der Waals surface area (Å²) < 4.78 is 1.76. The van der Waals surface area contributed by atoms with Crippen molar-refractivity contribution in [3.05, 3.63) is 88.7 Å². The molecule has 2 N–H and O–H groups in total. The van der Waals surface area contributed by atoms with Gasteiger partial charge in [0.15, 0.2) is 11.5 Å². The normalized spacial score (nSPS) is 11.4. The highest BCUT2D eigenvalue weighted by molar-refractivity contribution is 5.97. The second-order valence-corrected chi connectivity index (χ2v) is 6.04. The van der Waals surface area contributed by atoms with Crippen molar-refractivity contribution in [2.75, 3.05) is 0 Å². The predicted molar refractivity (Wildman–Crippen MR) is 99.8 cm³/mol. The number of carbonyl (C=O) groups is 1. The summed E-state index contributed by atoms with van der Waals surface area (Å²) >= 11 is 0. The van der Waals surface area contributed by atoms with Crippen molar-refractivity contribution in [1.82, 2.24) is 9.78 Å². The van der Waals surface area contributed by atoms with Crippen molar-refractivity contribution in [2.45, 2.75) is 20.4 Å². The molecule has 1 aromatic heterocycles. The highest BCUT2D eigenvalue weighted by Gasteiger charge is 2.15. The van der Waals surface area contributed by atoms with Crippen LogP contribution in [0.3, 0.4) is 0 Å². The van der Waals surface area contributed by atoms with E-state index < -0.39 is 5.97 Å². The number of amidine groups is 1. The Hall–Kier alpha value is -3.41. The molecule has 3 aromatic rings. The molecule has 0 aliphatic rings. The Morgan fingerprint density at radius 1 is 1.12 bits per heavy atom. The minimum absolute atomic E-state index is 0.134. The van der Waals surface area contributed by atoms with Gasteiger partial charge in [-0.15, -0.1) is 0 Å². The molecular formula is C20H20N4O2. The lowest BCUT2D eigenvalue weighted by Crippen LogP contribution is -2.15. The second-order valence-electron chi connectivity index (χ2n) is 6.04. The first-order valence-electron chi connectivity index (χ1n) is 8.23. The van der Waals surface area contributed by atoms with Gasteiger partial charge in [0.1, 0.15) is 0 Å². The van der Waals surface area contributed by atoms with E-state index in [-0.39, 0.29) is 11.5 Å². The number of carbonyl (C=O) groups excluding carboxylic acids is 1. The van der Waals surface area contributed by atoms with Gasteiger partial charge in [-0.25, -0.2) is 4.79 Å². The third kappa shape index (κ3) is 4.16. The number of hydrogen-bond acceptors (Lipinski definition) is 4. The molecule has 0 saturated heterocycles. The Morgan fingerprint density at radius 3 is 2.50 bits per heavy atom. The van der Waals surface area contributed by atoms with E-state index in [9.17, 15) is 4.79 Å². The van der Waals surface area contributed by atoms with Crippen LogP contribution in [-0.2, 0) is 11.4 Å². The summed E-state index contributed by atoms with van der Waals surface area (Å²) in [5, 5.41) is 8.01. The van der Waals surface area contributed by atoms with E-state index in [4.69, 9.17) is 10.6 Å². The molecule has 0 fully saturated rings. The molecule has 0 atom stereocenters. The summed E-state index contributed by atoms with van der Waals surface area (Å²) in [5.74, 6) is -0.510. The molecule has 0 amide bonds. The lowest BCUT2D eigenvalue weighted by atomic mass is 10.1. The number of rotatable bonds is 5. The van der Waals surface area contributed by atoms with Gasteiger partial charge in [-0.1, -0.05) is 65.3 Å². The van der Waals surface area contributed by atoms with Gasteiger partial charge >= 0.3 is 5.97 Å². The SMILES string of the molecule is Cc1ccc(Cn2nc(C(=O)O/N=C(\N)c3ccccc3)cc2C)cc1. The standard InChI is InChI=1S/C20H20N4O2/c1-14-8-10-16(11-9-14)13-24-15(2)12-18(22-24)20(25)26-23-19(21)17-6-4-3-5-7-17/h3-12H,13H2,1-2H3,(H2,21,23). The van der Waals surface area contributed by atoms with E-state index in [0.29, 0.717) is 12.1 Å². The first kappa shape index (κ1) is 17.4. The molecule has 0 bridgehead atoms. The first-order chi connectivity index (χ1) is 12.5. The summed E-state index contributed by atoms with van der Waals surface area (Å²) in [5.41, 5.74) is 9.86. The molecular weight excluding hydrogens is 328 g/mol. The zero-order valence-electron chi connectivity index (χ0n) is 14.7. The van der Waals surface area contributed by atoms with E-state index in [1.165, 1.54) is 5.56 Å². The van der Waals surface area contributed by atoms with Crippen molar-refractivity contribution in [3.63, 3.8) is 0 Å². The average molecular weight is 348 g/mol. The molecule has 0 saturated carbocycles. The highest BCUT2D eigenvalue weighted by Crippen LogP contribution is 2.10. The van der Waals surface area contributed by atoms with Crippen LogP contribution in [0.4, 0.5) is 0 Å². The van der Waals surface area contributed by atoms with E-state index in [1.807, 2.05) is 56.3 Å². The van der Waals surface area contributed by atoms with Gasteiger partial charge in [0.2, 0.25) is 0 Å². The molecule has 0 aliphatic carbocycles. The number of nitrogens with two attached hydrogens (primary N) is 1. The van der Waals surface area contributed by atoms with Crippen LogP contribution in [0.25, 0.3) is 0 Å². The zero-order valence-corrected chi connectivity index (χ0v) is 14.7. The van der Waals surface area contributed by atoms with Gasteiger partial charge < -0.3 is 10.6 Å². The van der Waals surface area contributed by atoms with Gasteiger partial charge in [0.25, 0.3) is 0 Å². The van der Waals surface area contributed by atoms with Crippen LogP contribution < -0.4 is 5.73 Å². The van der Waals surface area contributed by atoms with Crippen LogP contribution in [0, 0.1) is 13.8 Å². The molecule has 0 spiro atoms. The molecule has 6 heteroatoms. The smallest absolute Gasteiger partial charge is 0.380 e. The number of benzene rings is 2. The van der Waals surface area contributed by atoms with E-state index in [0.717, 1.165) is 11.3 Å². The lowest BCUT2D eigenvalue weighted by molar-refractivity contribution is 0.0508. The summed E-state index contributed by atoms with van der Waals surface area (Å²) in [6.45, 7) is 4.51. The van der Waals surface area contributed by atoms with E-state index >= 15 is 0 Å². The molecule has 3 rings (SSSR count). The Morgan fingerprint density at radius 2 is 1.81 bits per heavy atom. The Labute approximate surface area is 151 Å². The van der Waals surface area contributed by atoms with Gasteiger partial charge in [-0.05, 0) is 25.5 Å². The van der Waals surface area contributed by atoms with Gasteiger partial charge in [-0.3, -0.25) is 4.68 Å². The molecule has 6 nitrogen and oxygen atoms in total. The third-order valence-corrected chi connectivity index (χ3v) is 3.94. The third-order valence-electron chi connectivity index (χ3n) is 3.94. The van der Waals surface area contributed by atoms with Gasteiger partial charge in [0.05, 0.1) is 6.54 Å². The average Bonchev–Trinajstić information content (AvgIpc) is 3.02. The Kier molecular flexibility index (Phi) is 5.12. The van der Waals surface area contributed by atoms with Crippen LogP contribution in [0.5, 0.6) is 0 Å². The predicted octanol–water partition coefficient (Wildman–Crippen LogP) is 3.03. The monoisotopic (exact) mass is 348 g/mol. The quantitative estimate of drug-likeness (QED) is 0.332. The second kappa shape index (κ2) is 7.65. The number of hydrogen-bond donors (Lipinski definition) is 1. The minimum Gasteiger partial charge on any atom is -0.380 e. The maximum absolute atomic E-state index is 12.2. The molecule has 26 heavy (non-hydrogen) atoms. The minimum atomic E-state index is -0.644. The van der Waals surface area contributed by atoms with Crippen molar-refractivity contribution < 1.29 is 9.63 Å². The van der Waals surface area contributed by atoms with Crippen LogP contribution in [0.1, 0.15) is 32.9 Å². The van der Waals surface area contributed by atoms with Crippen LogP contribution in [0.15, 0.2) is 65.8 Å². The molecule has 0 aliphatic heterocycles. The van der Waals surface area contributed by atoms with Crippen LogP contribution in [0.2, 0.25) is 0 Å². The molecule has 132 valence electrons. The van der Waals surface area contributed by atoms with Crippen molar-refractivity contribution in [1.29, 1.82) is 0 Å². The summed E-state index contributed by atoms with van der Waals surface area (Å²) in [7, 11) is 0. The maximum Gasteiger partial charge on any atom is 0.385 e. The Bertz CT molecular complexity index is 928. The summed E-state index contributed by atoms with van der Waals surface area (Å²) in [6, 6.07) is 18.9. The van der Waals surface area contributed by atoms with Crippen LogP contribution in [-0.4, -0.2) is 21.6 Å². The first-order valence-corrected chi connectivity index (χ1v) is 8.23. The summed E-state index contributed by atoms with van der Waals surface area (Å²) in [4.78, 5) is 17.1. The fourth-order valence-electron chi connectivity index (χ4n) is 2.44. The lowest BCUT2D eigenvalue weighted by Gasteiger charge is -2.04. The van der Waals surface area contributed by atoms with Crippen molar-refractivity contribution >= 4 is 11.8 Å². The maximum atomic E-state index is 12.2. The topological polar surface area (TPSA) is 82.5 Å². The number of aromatic nitrogens is 2. The molecule has 0 radical (unpaired) electrons. The van der Waals surface area contributed by atoms with Gasteiger partial charge in [-0.2, -0.15) is 5.10 Å². The van der Waals surface area contributed by atoms with E-state index in [1.54, 1.807) is 22.9 Å². The van der Waals surface area contributed by atoms with Crippen LogP contribution >= 0.6 is 0 Å². The van der Waals surface area contributed by atoms with Crippen molar-refractivity contribution in [3.8, 4) is 0 Å². The Balaban J connectivity index is 1.69. The van der Waals surface area contributed by atoms with Gasteiger partial charge in [0, 0.05) is 11.3 Å². The highest BCUT2D eigenvalue weighted by atomic mass is 16.7. The molecule has 0 unspecified atom stereocenters.